The van der Waals surface area contributed by atoms with Gasteiger partial charge in [-0.05, 0) is 56.0 Å². The lowest BCUT2D eigenvalue weighted by Crippen LogP contribution is -2.62. The molecule has 8 nitrogen and oxygen atoms in total. The number of likely N-dealkylation sites (tertiary alicyclic amines) is 1. The number of carbonyl (C=O) groups is 3. The Labute approximate surface area is 244 Å². The molecule has 3 aromatic carbocycles. The van der Waals surface area contributed by atoms with Crippen LogP contribution in [0.2, 0.25) is 0 Å². The van der Waals surface area contributed by atoms with Gasteiger partial charge in [-0.2, -0.15) is 0 Å². The predicted molar refractivity (Wildman–Crippen MR) is 157 cm³/mol. The van der Waals surface area contributed by atoms with Crippen LogP contribution in [-0.2, 0) is 9.59 Å². The fourth-order valence-corrected chi connectivity index (χ4v) is 6.61. The average Bonchev–Trinajstić information content (AvgIpc) is 3.24. The van der Waals surface area contributed by atoms with Crippen LogP contribution >= 0.6 is 0 Å². The number of ketones is 1. The van der Waals surface area contributed by atoms with Gasteiger partial charge in [0.05, 0.1) is 11.3 Å². The van der Waals surface area contributed by atoms with Crippen LogP contribution in [0.1, 0.15) is 62.2 Å². The van der Waals surface area contributed by atoms with Crippen molar-refractivity contribution in [2.24, 2.45) is 5.73 Å². The molecule has 0 bridgehead atoms. The summed E-state index contributed by atoms with van der Waals surface area (Å²) in [5.74, 6) is 0.0376. The predicted octanol–water partition coefficient (Wildman–Crippen LogP) is 5.01. The summed E-state index contributed by atoms with van der Waals surface area (Å²) in [6.45, 7) is 3.28. The smallest absolute Gasteiger partial charge is 0.259 e. The van der Waals surface area contributed by atoms with Gasteiger partial charge in [-0.3, -0.25) is 24.2 Å². The number of anilines is 1. The van der Waals surface area contributed by atoms with Gasteiger partial charge in [-0.1, -0.05) is 31.5 Å². The SMILES string of the molecule is CCC(=O)CCC(C(N)=O)N1C(=O)c2ccc(O[C@H]3CCCC[C@@H]3N3CC(Oc4cccc(F)c4)C3)c3cccc1c23. The second-order valence-electron chi connectivity index (χ2n) is 11.5. The molecule has 0 radical (unpaired) electrons. The van der Waals surface area contributed by atoms with Crippen LogP contribution < -0.4 is 20.1 Å². The van der Waals surface area contributed by atoms with Crippen molar-refractivity contribution < 1.29 is 28.2 Å². The molecule has 2 heterocycles. The molecule has 2 aliphatic heterocycles. The Morgan fingerprint density at radius 3 is 2.60 bits per heavy atom. The number of nitrogens with two attached hydrogens (primary N) is 1. The highest BCUT2D eigenvalue weighted by molar-refractivity contribution is 6.27. The number of ether oxygens (including phenoxy) is 2. The van der Waals surface area contributed by atoms with Crippen LogP contribution in [0.5, 0.6) is 11.5 Å². The van der Waals surface area contributed by atoms with Crippen molar-refractivity contribution in [2.75, 3.05) is 18.0 Å². The molecule has 6 rings (SSSR count). The van der Waals surface area contributed by atoms with Gasteiger partial charge in [0, 0.05) is 48.8 Å². The average molecular weight is 574 g/mol. The highest BCUT2D eigenvalue weighted by Gasteiger charge is 2.41. The van der Waals surface area contributed by atoms with E-state index in [0.717, 1.165) is 49.5 Å². The Hall–Kier alpha value is -3.98. The first kappa shape index (κ1) is 28.2. The summed E-state index contributed by atoms with van der Waals surface area (Å²) in [5.41, 5.74) is 6.86. The third kappa shape index (κ3) is 5.33. The van der Waals surface area contributed by atoms with Crippen molar-refractivity contribution in [3.63, 3.8) is 0 Å². The van der Waals surface area contributed by atoms with Crippen molar-refractivity contribution >= 4 is 34.1 Å². The topological polar surface area (TPSA) is 102 Å². The summed E-state index contributed by atoms with van der Waals surface area (Å²) < 4.78 is 26.3. The number of hydrogen-bond acceptors (Lipinski definition) is 6. The molecule has 1 saturated heterocycles. The van der Waals surface area contributed by atoms with E-state index < -0.39 is 11.9 Å². The molecule has 9 heteroatoms. The van der Waals surface area contributed by atoms with E-state index in [1.54, 1.807) is 25.1 Å². The largest absolute Gasteiger partial charge is 0.488 e. The normalized spacial score (nSPS) is 21.3. The second kappa shape index (κ2) is 11.7. The zero-order valence-corrected chi connectivity index (χ0v) is 23.8. The summed E-state index contributed by atoms with van der Waals surface area (Å²) >= 11 is 0. The third-order valence-electron chi connectivity index (χ3n) is 8.81. The van der Waals surface area contributed by atoms with Crippen molar-refractivity contribution in [1.82, 2.24) is 4.90 Å². The van der Waals surface area contributed by atoms with E-state index in [1.807, 2.05) is 24.3 Å². The minimum atomic E-state index is -0.910. The fourth-order valence-electron chi connectivity index (χ4n) is 6.61. The zero-order valence-electron chi connectivity index (χ0n) is 23.8. The molecular weight excluding hydrogens is 537 g/mol. The maximum absolute atomic E-state index is 13.6. The molecule has 1 unspecified atom stereocenters. The molecule has 0 aromatic heterocycles. The maximum Gasteiger partial charge on any atom is 0.259 e. The van der Waals surface area contributed by atoms with Crippen LogP contribution in [0.15, 0.2) is 54.6 Å². The molecule has 2 amide bonds. The Bertz CT molecular complexity index is 1520. The molecule has 2 N–H and O–H groups in total. The lowest BCUT2D eigenvalue weighted by Gasteiger charge is -2.47. The van der Waals surface area contributed by atoms with Crippen molar-refractivity contribution in [2.45, 2.75) is 76.2 Å². The molecular formula is C33H36FN3O5. The highest BCUT2D eigenvalue weighted by Crippen LogP contribution is 2.43. The molecule has 42 heavy (non-hydrogen) atoms. The molecule has 1 saturated carbocycles. The fraction of sp³-hybridized carbons (Fsp3) is 0.424. The van der Waals surface area contributed by atoms with Gasteiger partial charge in [0.2, 0.25) is 5.91 Å². The van der Waals surface area contributed by atoms with E-state index in [-0.39, 0.29) is 48.6 Å². The summed E-state index contributed by atoms with van der Waals surface area (Å²) in [6, 6.07) is 14.8. The summed E-state index contributed by atoms with van der Waals surface area (Å²) in [4.78, 5) is 41.9. The van der Waals surface area contributed by atoms with Crippen molar-refractivity contribution in [1.29, 1.82) is 0 Å². The number of carbonyl (C=O) groups excluding carboxylic acids is 3. The molecule has 0 spiro atoms. The number of Topliss-reactive ketones (excluding diaryl/α,β-unsaturated/α-hetero) is 1. The van der Waals surface area contributed by atoms with E-state index in [9.17, 15) is 18.8 Å². The van der Waals surface area contributed by atoms with Crippen molar-refractivity contribution in [3.8, 4) is 11.5 Å². The first-order valence-electron chi connectivity index (χ1n) is 14.9. The maximum atomic E-state index is 13.6. The van der Waals surface area contributed by atoms with Crippen LogP contribution in [0.3, 0.4) is 0 Å². The number of benzene rings is 3. The first-order valence-corrected chi connectivity index (χ1v) is 14.9. The van der Waals surface area contributed by atoms with Gasteiger partial charge in [0.15, 0.2) is 0 Å². The van der Waals surface area contributed by atoms with Crippen LogP contribution in [0.4, 0.5) is 10.1 Å². The Morgan fingerprint density at radius 2 is 1.83 bits per heavy atom. The molecule has 1 aliphatic carbocycles. The first-order chi connectivity index (χ1) is 20.3. The van der Waals surface area contributed by atoms with Gasteiger partial charge in [0.25, 0.3) is 5.91 Å². The summed E-state index contributed by atoms with van der Waals surface area (Å²) in [7, 11) is 0. The Morgan fingerprint density at radius 1 is 1.05 bits per heavy atom. The van der Waals surface area contributed by atoms with E-state index in [0.29, 0.717) is 29.2 Å². The lowest BCUT2D eigenvalue weighted by molar-refractivity contribution is -0.120. The molecule has 220 valence electrons. The molecule has 3 aromatic rings. The quantitative estimate of drug-likeness (QED) is 0.346. The lowest BCUT2D eigenvalue weighted by atomic mass is 9.89. The van der Waals surface area contributed by atoms with E-state index in [2.05, 4.69) is 4.90 Å². The van der Waals surface area contributed by atoms with Gasteiger partial charge >= 0.3 is 0 Å². The van der Waals surface area contributed by atoms with Crippen LogP contribution in [0, 0.1) is 5.82 Å². The standard InChI is InChI=1S/C33H36FN3O5/c1-2-21(38)13-15-28(32(35)39)37-27-11-6-9-24-29(16-14-25(31(24)27)33(37)40)42-30-12-4-3-10-26(30)36-18-23(19-36)41-22-8-5-7-20(34)17-22/h5-9,11,14,16-17,23,26,28,30H,2-4,10,12-13,15,18-19H2,1H3,(H2,35,39)/t26-,28?,30-/m0/s1. The van der Waals surface area contributed by atoms with Crippen LogP contribution in [0.25, 0.3) is 10.8 Å². The van der Waals surface area contributed by atoms with Gasteiger partial charge in [-0.25, -0.2) is 4.39 Å². The monoisotopic (exact) mass is 573 g/mol. The number of nitrogens with zero attached hydrogens (tertiary/aromatic N) is 2. The Kier molecular flexibility index (Phi) is 7.86. The molecule has 3 aliphatic rings. The van der Waals surface area contributed by atoms with Crippen LogP contribution in [-0.4, -0.2) is 59.9 Å². The molecule has 3 atom stereocenters. The number of halogens is 1. The van der Waals surface area contributed by atoms with E-state index in [1.165, 1.54) is 17.0 Å². The highest BCUT2D eigenvalue weighted by atomic mass is 19.1. The zero-order chi connectivity index (χ0) is 29.4. The number of hydrogen-bond donors (Lipinski definition) is 1. The Balaban J connectivity index is 1.21. The molecule has 2 fully saturated rings. The summed E-state index contributed by atoms with van der Waals surface area (Å²) in [6.07, 6.45) is 4.85. The van der Waals surface area contributed by atoms with Gasteiger partial charge in [0.1, 0.15) is 41.3 Å². The van der Waals surface area contributed by atoms with Crippen molar-refractivity contribution in [3.05, 3.63) is 66.0 Å². The number of amides is 2. The number of rotatable bonds is 11. The van der Waals surface area contributed by atoms with E-state index in [4.69, 9.17) is 15.2 Å². The minimum Gasteiger partial charge on any atom is -0.488 e. The van der Waals surface area contributed by atoms with Gasteiger partial charge < -0.3 is 15.2 Å². The summed E-state index contributed by atoms with van der Waals surface area (Å²) in [5, 5.41) is 1.56. The third-order valence-corrected chi connectivity index (χ3v) is 8.81. The minimum absolute atomic E-state index is 0.00831. The second-order valence-corrected chi connectivity index (χ2v) is 11.5. The van der Waals surface area contributed by atoms with Gasteiger partial charge in [-0.15, -0.1) is 0 Å². The number of primary amides is 1. The van der Waals surface area contributed by atoms with E-state index >= 15 is 0 Å².